The van der Waals surface area contributed by atoms with Crippen molar-refractivity contribution in [3.63, 3.8) is 0 Å². The first-order valence-corrected chi connectivity index (χ1v) is 8.94. The summed E-state index contributed by atoms with van der Waals surface area (Å²) in [6.45, 7) is 4.19. The minimum Gasteiger partial charge on any atom is -0.369 e. The van der Waals surface area contributed by atoms with Crippen molar-refractivity contribution in [3.05, 3.63) is 60.8 Å². The number of fused-ring (bicyclic) bond motifs is 1. The van der Waals surface area contributed by atoms with E-state index in [9.17, 15) is 0 Å². The first-order valence-electron chi connectivity index (χ1n) is 8.94. The highest BCUT2D eigenvalue weighted by Crippen LogP contribution is 2.24. The first kappa shape index (κ1) is 15.2. The van der Waals surface area contributed by atoms with Crippen molar-refractivity contribution in [2.24, 2.45) is 0 Å². The molecule has 3 heterocycles. The van der Waals surface area contributed by atoms with Gasteiger partial charge in [-0.3, -0.25) is 0 Å². The van der Waals surface area contributed by atoms with Gasteiger partial charge in [0.1, 0.15) is 11.3 Å². The predicted octanol–water partition coefficient (Wildman–Crippen LogP) is 2.83. The van der Waals surface area contributed by atoms with Crippen molar-refractivity contribution in [1.82, 2.24) is 25.1 Å². The quantitative estimate of drug-likeness (QED) is 0.600. The van der Waals surface area contributed by atoms with Gasteiger partial charge in [-0.1, -0.05) is 18.2 Å². The van der Waals surface area contributed by atoms with Gasteiger partial charge in [0.15, 0.2) is 5.65 Å². The molecule has 0 saturated carbocycles. The molecule has 1 aliphatic heterocycles. The summed E-state index contributed by atoms with van der Waals surface area (Å²) in [6.07, 6.45) is 1.80. The lowest BCUT2D eigenvalue weighted by Gasteiger charge is -2.29. The standard InChI is InChI=1S/C20H20N6/c1-2-4-17(5-3-1)26-20-18(14-22-26)23-19(24-20)15-6-8-16(9-7-15)25-12-10-21-11-13-25/h1-9,14,21H,10-13H2,(H,23,24). The molecule has 1 aliphatic rings. The molecule has 6 heteroatoms. The third-order valence-electron chi connectivity index (χ3n) is 4.84. The van der Waals surface area contributed by atoms with Gasteiger partial charge in [0.25, 0.3) is 0 Å². The van der Waals surface area contributed by atoms with Crippen LogP contribution in [0.1, 0.15) is 0 Å². The summed E-state index contributed by atoms with van der Waals surface area (Å²) in [5.74, 6) is 0.869. The maximum Gasteiger partial charge on any atom is 0.161 e. The Morgan fingerprint density at radius 1 is 0.846 bits per heavy atom. The highest BCUT2D eigenvalue weighted by molar-refractivity contribution is 5.77. The molecule has 130 valence electrons. The van der Waals surface area contributed by atoms with Crippen molar-refractivity contribution in [1.29, 1.82) is 0 Å². The zero-order valence-electron chi connectivity index (χ0n) is 14.4. The number of imidazole rings is 1. The molecular formula is C20H20N6. The Balaban J connectivity index is 1.46. The summed E-state index contributed by atoms with van der Waals surface area (Å²) >= 11 is 0. The molecule has 0 atom stereocenters. The summed E-state index contributed by atoms with van der Waals surface area (Å²) in [6, 6.07) is 18.7. The van der Waals surface area contributed by atoms with Gasteiger partial charge < -0.3 is 15.2 Å². The number of benzene rings is 2. The Hall–Kier alpha value is -3.12. The van der Waals surface area contributed by atoms with Gasteiger partial charge in [-0.05, 0) is 36.4 Å². The number of aromatic nitrogens is 4. The van der Waals surface area contributed by atoms with Crippen molar-refractivity contribution in [3.8, 4) is 17.1 Å². The lowest BCUT2D eigenvalue weighted by molar-refractivity contribution is 0.589. The maximum absolute atomic E-state index is 4.71. The molecule has 6 nitrogen and oxygen atoms in total. The van der Waals surface area contributed by atoms with Gasteiger partial charge in [0.2, 0.25) is 0 Å². The molecule has 0 bridgehead atoms. The van der Waals surface area contributed by atoms with Crippen LogP contribution in [0.15, 0.2) is 60.8 Å². The van der Waals surface area contributed by atoms with Crippen LogP contribution in [0.5, 0.6) is 0 Å². The summed E-state index contributed by atoms with van der Waals surface area (Å²) < 4.78 is 1.89. The number of piperazine rings is 1. The van der Waals surface area contributed by atoms with Gasteiger partial charge in [0, 0.05) is 37.4 Å². The summed E-state index contributed by atoms with van der Waals surface area (Å²) in [5.41, 5.74) is 5.15. The minimum absolute atomic E-state index is 0.869. The van der Waals surface area contributed by atoms with Crippen LogP contribution in [0.25, 0.3) is 28.2 Å². The topological polar surface area (TPSA) is 61.8 Å². The molecule has 0 aliphatic carbocycles. The number of hydrogen-bond donors (Lipinski definition) is 2. The molecule has 1 saturated heterocycles. The van der Waals surface area contributed by atoms with E-state index < -0.39 is 0 Å². The average Bonchev–Trinajstić information content (AvgIpc) is 3.30. The van der Waals surface area contributed by atoms with E-state index in [0.29, 0.717) is 0 Å². The van der Waals surface area contributed by atoms with Crippen LogP contribution in [0.3, 0.4) is 0 Å². The fraction of sp³-hybridized carbons (Fsp3) is 0.200. The van der Waals surface area contributed by atoms with Gasteiger partial charge in [-0.25, -0.2) is 9.67 Å². The molecule has 0 spiro atoms. The second kappa shape index (κ2) is 6.31. The average molecular weight is 344 g/mol. The molecular weight excluding hydrogens is 324 g/mol. The highest BCUT2D eigenvalue weighted by atomic mass is 15.3. The van der Waals surface area contributed by atoms with Crippen LogP contribution >= 0.6 is 0 Å². The third-order valence-corrected chi connectivity index (χ3v) is 4.84. The van der Waals surface area contributed by atoms with Crippen LogP contribution in [0.4, 0.5) is 5.69 Å². The molecule has 4 aromatic rings. The summed E-state index contributed by atoms with van der Waals surface area (Å²) in [4.78, 5) is 10.5. The summed E-state index contributed by atoms with van der Waals surface area (Å²) in [7, 11) is 0. The summed E-state index contributed by atoms with van der Waals surface area (Å²) in [5, 5.41) is 7.83. The van der Waals surface area contributed by atoms with Crippen molar-refractivity contribution in [2.45, 2.75) is 0 Å². The molecule has 2 aromatic heterocycles. The lowest BCUT2D eigenvalue weighted by atomic mass is 10.1. The molecule has 26 heavy (non-hydrogen) atoms. The first-order chi connectivity index (χ1) is 12.9. The van der Waals surface area contributed by atoms with E-state index in [-0.39, 0.29) is 0 Å². The number of rotatable bonds is 3. The molecule has 5 rings (SSSR count). The number of hydrogen-bond acceptors (Lipinski definition) is 4. The van der Waals surface area contributed by atoms with E-state index in [0.717, 1.165) is 54.4 Å². The van der Waals surface area contributed by atoms with Crippen molar-refractivity contribution < 1.29 is 0 Å². The third kappa shape index (κ3) is 2.64. The van der Waals surface area contributed by atoms with Crippen molar-refractivity contribution in [2.75, 3.05) is 31.1 Å². The second-order valence-electron chi connectivity index (χ2n) is 6.50. The number of nitrogens with one attached hydrogen (secondary N) is 2. The van der Waals surface area contributed by atoms with E-state index in [1.54, 1.807) is 6.20 Å². The lowest BCUT2D eigenvalue weighted by Crippen LogP contribution is -2.43. The molecule has 0 unspecified atom stereocenters. The maximum atomic E-state index is 4.71. The largest absolute Gasteiger partial charge is 0.369 e. The number of nitrogens with zero attached hydrogens (tertiary/aromatic N) is 4. The molecule has 0 amide bonds. The van der Waals surface area contributed by atoms with Gasteiger partial charge >= 0.3 is 0 Å². The number of H-pyrrole nitrogens is 1. The van der Waals surface area contributed by atoms with Crippen LogP contribution in [-0.4, -0.2) is 45.9 Å². The van der Waals surface area contributed by atoms with E-state index in [1.807, 2.05) is 35.0 Å². The molecule has 2 aromatic carbocycles. The Morgan fingerprint density at radius 3 is 2.38 bits per heavy atom. The minimum atomic E-state index is 0.869. The Morgan fingerprint density at radius 2 is 1.62 bits per heavy atom. The fourth-order valence-electron chi connectivity index (χ4n) is 3.45. The van der Waals surface area contributed by atoms with Crippen LogP contribution < -0.4 is 10.2 Å². The number of aromatic amines is 1. The molecule has 2 N–H and O–H groups in total. The SMILES string of the molecule is c1ccc(-n2ncc3nc(-c4ccc(N5CCNCC5)cc4)[nH]c32)cc1. The van der Waals surface area contributed by atoms with E-state index in [4.69, 9.17) is 4.98 Å². The highest BCUT2D eigenvalue weighted by Gasteiger charge is 2.13. The number of anilines is 1. The zero-order valence-corrected chi connectivity index (χ0v) is 14.4. The Bertz CT molecular complexity index is 1010. The van der Waals surface area contributed by atoms with Crippen LogP contribution in [0, 0.1) is 0 Å². The van der Waals surface area contributed by atoms with E-state index >= 15 is 0 Å². The van der Waals surface area contributed by atoms with Crippen molar-refractivity contribution >= 4 is 16.9 Å². The van der Waals surface area contributed by atoms with Crippen LogP contribution in [-0.2, 0) is 0 Å². The molecule has 0 radical (unpaired) electrons. The van der Waals surface area contributed by atoms with Crippen LogP contribution in [0.2, 0.25) is 0 Å². The fourth-order valence-corrected chi connectivity index (χ4v) is 3.45. The normalized spacial score (nSPS) is 14.8. The second-order valence-corrected chi connectivity index (χ2v) is 6.50. The van der Waals surface area contributed by atoms with Gasteiger partial charge in [0.05, 0.1) is 11.9 Å². The Labute approximate surface area is 151 Å². The van der Waals surface area contributed by atoms with Gasteiger partial charge in [-0.15, -0.1) is 0 Å². The van der Waals surface area contributed by atoms with E-state index in [2.05, 4.69) is 44.6 Å². The van der Waals surface area contributed by atoms with Gasteiger partial charge in [-0.2, -0.15) is 5.10 Å². The smallest absolute Gasteiger partial charge is 0.161 e. The number of para-hydroxylation sites is 1. The predicted molar refractivity (Wildman–Crippen MR) is 104 cm³/mol. The molecule has 1 fully saturated rings. The zero-order chi connectivity index (χ0) is 17.3. The van der Waals surface area contributed by atoms with E-state index in [1.165, 1.54) is 5.69 Å². The monoisotopic (exact) mass is 344 g/mol. The Kier molecular flexibility index (Phi) is 3.68.